The molecule has 2 saturated heterocycles. The van der Waals surface area contributed by atoms with Crippen LogP contribution in [0.3, 0.4) is 0 Å². The molecule has 0 aliphatic carbocycles. The van der Waals surface area contributed by atoms with Crippen molar-refractivity contribution >= 4 is 5.91 Å². The molecule has 1 atom stereocenters. The summed E-state index contributed by atoms with van der Waals surface area (Å²) < 4.78 is 11.1. The molecular weight excluding hydrogens is 232 g/mol. The third-order valence-corrected chi connectivity index (χ3v) is 3.48. The van der Waals surface area contributed by atoms with Crippen LogP contribution < -0.4 is 10.6 Å². The summed E-state index contributed by atoms with van der Waals surface area (Å²) in [7, 11) is 0. The van der Waals surface area contributed by atoms with Crippen LogP contribution in [0, 0.1) is 0 Å². The van der Waals surface area contributed by atoms with Crippen molar-refractivity contribution in [2.24, 2.45) is 0 Å². The Morgan fingerprint density at radius 2 is 2.17 bits per heavy atom. The molecule has 104 valence electrons. The maximum atomic E-state index is 11.6. The fraction of sp³-hybridized carbons (Fsp3) is 0.923. The Morgan fingerprint density at radius 3 is 2.89 bits per heavy atom. The molecule has 0 aromatic rings. The lowest BCUT2D eigenvalue weighted by molar-refractivity contribution is -0.130. The van der Waals surface area contributed by atoms with Gasteiger partial charge < -0.3 is 20.1 Å². The minimum absolute atomic E-state index is 0.0365. The molecule has 0 spiro atoms. The first-order valence-corrected chi connectivity index (χ1v) is 7.08. The maximum absolute atomic E-state index is 11.6. The number of ether oxygens (including phenoxy) is 2. The number of rotatable bonds is 6. The summed E-state index contributed by atoms with van der Waals surface area (Å²) in [5.74, 6) is 0.0365. The van der Waals surface area contributed by atoms with Gasteiger partial charge in [0, 0.05) is 19.8 Å². The Morgan fingerprint density at radius 1 is 1.33 bits per heavy atom. The van der Waals surface area contributed by atoms with Crippen LogP contribution in [0.1, 0.15) is 32.1 Å². The van der Waals surface area contributed by atoms with Crippen LogP contribution in [0.15, 0.2) is 0 Å². The lowest BCUT2D eigenvalue weighted by Gasteiger charge is -2.22. The predicted molar refractivity (Wildman–Crippen MR) is 68.4 cm³/mol. The minimum Gasteiger partial charge on any atom is -0.378 e. The van der Waals surface area contributed by atoms with Crippen LogP contribution in [-0.2, 0) is 14.3 Å². The van der Waals surface area contributed by atoms with Gasteiger partial charge in [0.15, 0.2) is 0 Å². The maximum Gasteiger partial charge on any atom is 0.249 e. The van der Waals surface area contributed by atoms with E-state index < -0.39 is 0 Å². The molecule has 18 heavy (non-hydrogen) atoms. The summed E-state index contributed by atoms with van der Waals surface area (Å²) in [6.07, 6.45) is 5.12. The van der Waals surface area contributed by atoms with E-state index in [9.17, 15) is 4.79 Å². The zero-order valence-corrected chi connectivity index (χ0v) is 11.0. The standard InChI is InChI=1S/C13H24N2O3/c16-13(12-3-1-9-18-12)15-6-2-10-17-11-4-7-14-8-5-11/h11-12,14H,1-10H2,(H,15,16). The number of amides is 1. The van der Waals surface area contributed by atoms with E-state index in [0.717, 1.165) is 58.4 Å². The molecule has 2 N–H and O–H groups in total. The molecule has 2 heterocycles. The Balaban J connectivity index is 1.46. The van der Waals surface area contributed by atoms with Gasteiger partial charge in [0.1, 0.15) is 6.10 Å². The van der Waals surface area contributed by atoms with E-state index in [1.807, 2.05) is 0 Å². The van der Waals surface area contributed by atoms with E-state index in [4.69, 9.17) is 9.47 Å². The van der Waals surface area contributed by atoms with Crippen molar-refractivity contribution in [1.82, 2.24) is 10.6 Å². The summed E-state index contributed by atoms with van der Waals surface area (Å²) in [6.45, 7) is 4.25. The first-order chi connectivity index (χ1) is 8.86. The average molecular weight is 256 g/mol. The third-order valence-electron chi connectivity index (χ3n) is 3.48. The number of hydrogen-bond acceptors (Lipinski definition) is 4. The summed E-state index contributed by atoms with van der Waals surface area (Å²) >= 11 is 0. The van der Waals surface area contributed by atoms with Gasteiger partial charge >= 0.3 is 0 Å². The minimum atomic E-state index is -0.213. The molecule has 1 unspecified atom stereocenters. The first-order valence-electron chi connectivity index (χ1n) is 7.08. The van der Waals surface area contributed by atoms with Crippen molar-refractivity contribution in [3.8, 4) is 0 Å². The monoisotopic (exact) mass is 256 g/mol. The van der Waals surface area contributed by atoms with E-state index in [1.165, 1.54) is 0 Å². The first kappa shape index (κ1) is 13.8. The topological polar surface area (TPSA) is 59.6 Å². The number of carbonyl (C=O) groups excluding carboxylic acids is 1. The Kier molecular flexibility index (Phi) is 5.90. The molecule has 2 rings (SSSR count). The van der Waals surface area contributed by atoms with Gasteiger partial charge in [0.2, 0.25) is 5.91 Å². The number of hydrogen-bond donors (Lipinski definition) is 2. The molecule has 2 fully saturated rings. The van der Waals surface area contributed by atoms with Crippen LogP contribution in [0.4, 0.5) is 0 Å². The van der Waals surface area contributed by atoms with Gasteiger partial charge in [-0.15, -0.1) is 0 Å². The Bertz CT molecular complexity index is 249. The summed E-state index contributed by atoms with van der Waals surface area (Å²) in [5, 5.41) is 6.22. The molecule has 0 bridgehead atoms. The zero-order valence-electron chi connectivity index (χ0n) is 11.0. The smallest absolute Gasteiger partial charge is 0.249 e. The zero-order chi connectivity index (χ0) is 12.6. The van der Waals surface area contributed by atoms with Crippen molar-refractivity contribution in [2.45, 2.75) is 44.3 Å². The van der Waals surface area contributed by atoms with Crippen molar-refractivity contribution in [2.75, 3.05) is 32.8 Å². The summed E-state index contributed by atoms with van der Waals surface area (Å²) in [4.78, 5) is 11.6. The van der Waals surface area contributed by atoms with Crippen molar-refractivity contribution in [3.05, 3.63) is 0 Å². The second-order valence-electron chi connectivity index (χ2n) is 4.97. The van der Waals surface area contributed by atoms with E-state index in [1.54, 1.807) is 0 Å². The van der Waals surface area contributed by atoms with E-state index in [2.05, 4.69) is 10.6 Å². The van der Waals surface area contributed by atoms with Crippen LogP contribution >= 0.6 is 0 Å². The van der Waals surface area contributed by atoms with Gasteiger partial charge in [-0.25, -0.2) is 0 Å². The predicted octanol–water partition coefficient (Wildman–Crippen LogP) is 0.440. The SMILES string of the molecule is O=C(NCCCOC1CCNCC1)C1CCCO1. The highest BCUT2D eigenvalue weighted by atomic mass is 16.5. The lowest BCUT2D eigenvalue weighted by atomic mass is 10.1. The lowest BCUT2D eigenvalue weighted by Crippen LogP contribution is -2.35. The van der Waals surface area contributed by atoms with Crippen LogP contribution in [0.25, 0.3) is 0 Å². The highest BCUT2D eigenvalue weighted by Crippen LogP contribution is 2.11. The molecule has 5 nitrogen and oxygen atoms in total. The summed E-state index contributed by atoms with van der Waals surface area (Å²) in [6, 6.07) is 0. The fourth-order valence-electron chi connectivity index (χ4n) is 2.39. The molecule has 1 amide bonds. The van der Waals surface area contributed by atoms with Gasteiger partial charge in [0.25, 0.3) is 0 Å². The molecule has 0 aromatic carbocycles. The average Bonchev–Trinajstić information content (AvgIpc) is 2.93. The number of carbonyl (C=O) groups is 1. The number of piperidine rings is 1. The Hall–Kier alpha value is -0.650. The second kappa shape index (κ2) is 7.71. The van der Waals surface area contributed by atoms with E-state index in [0.29, 0.717) is 12.6 Å². The van der Waals surface area contributed by atoms with E-state index in [-0.39, 0.29) is 12.0 Å². The number of nitrogens with one attached hydrogen (secondary N) is 2. The third kappa shape index (κ3) is 4.55. The van der Waals surface area contributed by atoms with Gasteiger partial charge in [-0.2, -0.15) is 0 Å². The Labute approximate surface area is 109 Å². The highest BCUT2D eigenvalue weighted by molar-refractivity contribution is 5.80. The van der Waals surface area contributed by atoms with Crippen LogP contribution in [0.2, 0.25) is 0 Å². The van der Waals surface area contributed by atoms with Crippen molar-refractivity contribution in [1.29, 1.82) is 0 Å². The second-order valence-corrected chi connectivity index (χ2v) is 4.97. The van der Waals surface area contributed by atoms with E-state index >= 15 is 0 Å². The van der Waals surface area contributed by atoms with Gasteiger partial charge in [0.05, 0.1) is 6.10 Å². The molecular formula is C13H24N2O3. The van der Waals surface area contributed by atoms with Gasteiger partial charge in [-0.1, -0.05) is 0 Å². The van der Waals surface area contributed by atoms with Gasteiger partial charge in [-0.05, 0) is 45.2 Å². The highest BCUT2D eigenvalue weighted by Gasteiger charge is 2.22. The molecule has 5 heteroatoms. The summed E-state index contributed by atoms with van der Waals surface area (Å²) in [5.41, 5.74) is 0. The quantitative estimate of drug-likeness (QED) is 0.677. The molecule has 0 radical (unpaired) electrons. The fourth-order valence-corrected chi connectivity index (χ4v) is 2.39. The van der Waals surface area contributed by atoms with Crippen LogP contribution in [0.5, 0.6) is 0 Å². The van der Waals surface area contributed by atoms with Crippen LogP contribution in [-0.4, -0.2) is 51.0 Å². The molecule has 2 aliphatic rings. The molecule has 0 aromatic heterocycles. The molecule has 2 aliphatic heterocycles. The molecule has 0 saturated carbocycles. The van der Waals surface area contributed by atoms with Crippen molar-refractivity contribution < 1.29 is 14.3 Å². The normalized spacial score (nSPS) is 25.2. The largest absolute Gasteiger partial charge is 0.378 e. The van der Waals surface area contributed by atoms with Crippen molar-refractivity contribution in [3.63, 3.8) is 0 Å². The van der Waals surface area contributed by atoms with Gasteiger partial charge in [-0.3, -0.25) is 4.79 Å².